The Morgan fingerprint density at radius 2 is 1.81 bits per heavy atom. The Morgan fingerprint density at radius 1 is 1.12 bits per heavy atom. The van der Waals surface area contributed by atoms with Crippen LogP contribution in [0.3, 0.4) is 0 Å². The average Bonchev–Trinajstić information content (AvgIpc) is 2.67. The zero-order chi connectivity index (χ0) is 18.8. The standard InChI is InChI=1S/C21H29N3O2/c1-4-20(18-10-12-19(26-3)13-11-18)23-21(25)22-14-15-24(2)16-17-8-6-5-7-9-17/h5-13,20H,4,14-16H2,1-3H3,(H2,22,23,25). The van der Waals surface area contributed by atoms with E-state index in [1.165, 1.54) is 5.56 Å². The van der Waals surface area contributed by atoms with Crippen molar-refractivity contribution >= 4 is 6.03 Å². The topological polar surface area (TPSA) is 53.6 Å². The Morgan fingerprint density at radius 3 is 2.42 bits per heavy atom. The van der Waals surface area contributed by atoms with Crippen LogP contribution in [0.1, 0.15) is 30.5 Å². The molecule has 2 amide bonds. The van der Waals surface area contributed by atoms with Gasteiger partial charge in [-0.05, 0) is 36.7 Å². The van der Waals surface area contributed by atoms with Crippen LogP contribution >= 0.6 is 0 Å². The molecule has 2 aromatic carbocycles. The van der Waals surface area contributed by atoms with E-state index in [0.29, 0.717) is 6.54 Å². The molecule has 1 unspecified atom stereocenters. The van der Waals surface area contributed by atoms with E-state index < -0.39 is 0 Å². The van der Waals surface area contributed by atoms with Gasteiger partial charge in [-0.15, -0.1) is 0 Å². The smallest absolute Gasteiger partial charge is 0.315 e. The maximum Gasteiger partial charge on any atom is 0.315 e. The molecule has 140 valence electrons. The summed E-state index contributed by atoms with van der Waals surface area (Å²) in [4.78, 5) is 14.4. The lowest BCUT2D eigenvalue weighted by Crippen LogP contribution is -2.41. The number of urea groups is 1. The maximum absolute atomic E-state index is 12.2. The number of ether oxygens (including phenoxy) is 1. The van der Waals surface area contributed by atoms with Crippen LogP contribution in [0.2, 0.25) is 0 Å². The lowest BCUT2D eigenvalue weighted by atomic mass is 10.0. The van der Waals surface area contributed by atoms with E-state index in [1.807, 2.05) is 42.5 Å². The van der Waals surface area contributed by atoms with Crippen LogP contribution in [-0.2, 0) is 6.54 Å². The minimum absolute atomic E-state index is 0.0112. The van der Waals surface area contributed by atoms with Gasteiger partial charge in [0.15, 0.2) is 0 Å². The zero-order valence-electron chi connectivity index (χ0n) is 15.9. The minimum Gasteiger partial charge on any atom is -0.497 e. The number of hydrogen-bond donors (Lipinski definition) is 2. The largest absolute Gasteiger partial charge is 0.497 e. The van der Waals surface area contributed by atoms with E-state index in [2.05, 4.69) is 41.6 Å². The summed E-state index contributed by atoms with van der Waals surface area (Å²) in [5, 5.41) is 5.97. The summed E-state index contributed by atoms with van der Waals surface area (Å²) >= 11 is 0. The van der Waals surface area contributed by atoms with Gasteiger partial charge in [-0.2, -0.15) is 0 Å². The van der Waals surface area contributed by atoms with Crippen LogP contribution in [-0.4, -0.2) is 38.2 Å². The van der Waals surface area contributed by atoms with E-state index in [-0.39, 0.29) is 12.1 Å². The summed E-state index contributed by atoms with van der Waals surface area (Å²) in [6.07, 6.45) is 0.827. The predicted molar refractivity (Wildman–Crippen MR) is 105 cm³/mol. The molecule has 0 saturated heterocycles. The third kappa shape index (κ3) is 6.41. The molecule has 0 bridgehead atoms. The number of nitrogens with one attached hydrogen (secondary N) is 2. The Labute approximate surface area is 156 Å². The molecule has 0 aliphatic heterocycles. The molecule has 5 nitrogen and oxygen atoms in total. The molecule has 0 aliphatic rings. The van der Waals surface area contributed by atoms with Crippen molar-refractivity contribution in [2.24, 2.45) is 0 Å². The highest BCUT2D eigenvalue weighted by Crippen LogP contribution is 2.19. The Bertz CT molecular complexity index is 659. The third-order valence-electron chi connectivity index (χ3n) is 4.31. The Hall–Kier alpha value is -2.53. The van der Waals surface area contributed by atoms with Gasteiger partial charge in [-0.1, -0.05) is 49.4 Å². The lowest BCUT2D eigenvalue weighted by Gasteiger charge is -2.20. The number of nitrogens with zero attached hydrogens (tertiary/aromatic N) is 1. The second kappa shape index (κ2) is 10.5. The molecular weight excluding hydrogens is 326 g/mol. The van der Waals surface area contributed by atoms with Crippen LogP contribution in [0, 0.1) is 0 Å². The molecule has 2 rings (SSSR count). The fourth-order valence-corrected chi connectivity index (χ4v) is 2.80. The van der Waals surface area contributed by atoms with Crippen molar-refractivity contribution in [3.63, 3.8) is 0 Å². The summed E-state index contributed by atoms with van der Waals surface area (Å²) < 4.78 is 5.18. The molecule has 0 saturated carbocycles. The van der Waals surface area contributed by atoms with Crippen LogP contribution < -0.4 is 15.4 Å². The van der Waals surface area contributed by atoms with Gasteiger partial charge in [0, 0.05) is 19.6 Å². The number of carbonyl (C=O) groups is 1. The molecule has 0 fully saturated rings. The number of amides is 2. The SMILES string of the molecule is CCC(NC(=O)NCCN(C)Cc1ccccc1)c1ccc(OC)cc1. The van der Waals surface area contributed by atoms with E-state index in [4.69, 9.17) is 4.74 Å². The molecule has 2 N–H and O–H groups in total. The van der Waals surface area contributed by atoms with Gasteiger partial charge >= 0.3 is 6.03 Å². The number of hydrogen-bond acceptors (Lipinski definition) is 3. The fraction of sp³-hybridized carbons (Fsp3) is 0.381. The number of benzene rings is 2. The molecule has 0 aliphatic carbocycles. The maximum atomic E-state index is 12.2. The zero-order valence-corrected chi connectivity index (χ0v) is 15.9. The summed E-state index contributed by atoms with van der Waals surface area (Å²) in [6, 6.07) is 18.0. The van der Waals surface area contributed by atoms with Gasteiger partial charge in [-0.3, -0.25) is 0 Å². The molecule has 0 spiro atoms. The van der Waals surface area contributed by atoms with Gasteiger partial charge in [0.25, 0.3) is 0 Å². The Kier molecular flexibility index (Phi) is 7.96. The second-order valence-electron chi connectivity index (χ2n) is 6.36. The average molecular weight is 355 g/mol. The monoisotopic (exact) mass is 355 g/mol. The molecule has 0 radical (unpaired) electrons. The molecule has 26 heavy (non-hydrogen) atoms. The van der Waals surface area contributed by atoms with E-state index in [0.717, 1.165) is 30.8 Å². The lowest BCUT2D eigenvalue weighted by molar-refractivity contribution is 0.234. The van der Waals surface area contributed by atoms with Crippen LogP contribution in [0.4, 0.5) is 4.79 Å². The van der Waals surface area contributed by atoms with E-state index in [1.54, 1.807) is 7.11 Å². The first-order chi connectivity index (χ1) is 12.6. The highest BCUT2D eigenvalue weighted by atomic mass is 16.5. The van der Waals surface area contributed by atoms with Crippen LogP contribution in [0.25, 0.3) is 0 Å². The van der Waals surface area contributed by atoms with Crippen LogP contribution in [0.5, 0.6) is 5.75 Å². The quantitative estimate of drug-likeness (QED) is 0.723. The van der Waals surface area contributed by atoms with E-state index >= 15 is 0 Å². The van der Waals surface area contributed by atoms with E-state index in [9.17, 15) is 4.79 Å². The minimum atomic E-state index is -0.138. The first-order valence-electron chi connectivity index (χ1n) is 9.03. The van der Waals surface area contributed by atoms with Crippen molar-refractivity contribution in [2.45, 2.75) is 25.9 Å². The molecule has 0 heterocycles. The number of rotatable bonds is 9. The highest BCUT2D eigenvalue weighted by Gasteiger charge is 2.12. The van der Waals surface area contributed by atoms with Crippen molar-refractivity contribution in [1.29, 1.82) is 0 Å². The summed E-state index contributed by atoms with van der Waals surface area (Å²) in [6.45, 7) is 4.33. The van der Waals surface area contributed by atoms with Crippen molar-refractivity contribution in [3.8, 4) is 5.75 Å². The van der Waals surface area contributed by atoms with Gasteiger partial charge in [0.2, 0.25) is 0 Å². The first kappa shape index (κ1) is 19.8. The fourth-order valence-electron chi connectivity index (χ4n) is 2.80. The molecule has 5 heteroatoms. The van der Waals surface area contributed by atoms with Crippen molar-refractivity contribution < 1.29 is 9.53 Å². The molecule has 1 atom stereocenters. The van der Waals surface area contributed by atoms with Gasteiger partial charge in [0.05, 0.1) is 13.2 Å². The van der Waals surface area contributed by atoms with Gasteiger partial charge < -0.3 is 20.3 Å². The second-order valence-corrected chi connectivity index (χ2v) is 6.36. The summed E-state index contributed by atoms with van der Waals surface area (Å²) in [5.74, 6) is 0.814. The third-order valence-corrected chi connectivity index (χ3v) is 4.31. The normalized spacial score (nSPS) is 11.8. The number of methoxy groups -OCH3 is 1. The molecular formula is C21H29N3O2. The van der Waals surface area contributed by atoms with Crippen molar-refractivity contribution in [3.05, 3.63) is 65.7 Å². The molecule has 0 aromatic heterocycles. The summed E-state index contributed by atoms with van der Waals surface area (Å²) in [5.41, 5.74) is 2.34. The van der Waals surface area contributed by atoms with Crippen molar-refractivity contribution in [1.82, 2.24) is 15.5 Å². The van der Waals surface area contributed by atoms with Crippen molar-refractivity contribution in [2.75, 3.05) is 27.2 Å². The predicted octanol–water partition coefficient (Wildman–Crippen LogP) is 3.58. The number of carbonyl (C=O) groups excluding carboxylic acids is 1. The van der Waals surface area contributed by atoms with Gasteiger partial charge in [-0.25, -0.2) is 4.79 Å². The number of likely N-dealkylation sites (N-methyl/N-ethyl adjacent to an activating group) is 1. The van der Waals surface area contributed by atoms with Crippen LogP contribution in [0.15, 0.2) is 54.6 Å². The van der Waals surface area contributed by atoms with Gasteiger partial charge in [0.1, 0.15) is 5.75 Å². The summed E-state index contributed by atoms with van der Waals surface area (Å²) in [7, 11) is 3.70. The Balaban J connectivity index is 1.74. The highest BCUT2D eigenvalue weighted by molar-refractivity contribution is 5.74. The first-order valence-corrected chi connectivity index (χ1v) is 9.03. The molecule has 2 aromatic rings.